The molecule has 0 aliphatic heterocycles. The van der Waals surface area contributed by atoms with Crippen LogP contribution in [0.4, 0.5) is 0 Å². The number of phenolic OH excluding ortho intramolecular Hbond substituents is 1. The second-order valence-electron chi connectivity index (χ2n) is 11.2. The lowest BCUT2D eigenvalue weighted by molar-refractivity contribution is 0.394. The van der Waals surface area contributed by atoms with E-state index in [4.69, 9.17) is 14.7 Å². The molecule has 9 rings (SSSR count). The van der Waals surface area contributed by atoms with Crippen LogP contribution in [0.15, 0.2) is 146 Å². The van der Waals surface area contributed by atoms with Gasteiger partial charge in [-0.1, -0.05) is 91.0 Å². The number of imidazole rings is 1. The van der Waals surface area contributed by atoms with Crippen LogP contribution in [0.3, 0.4) is 0 Å². The molecule has 0 unspecified atom stereocenters. The molecule has 0 spiro atoms. The smallest absolute Gasteiger partial charge is 0.307 e. The fraction of sp³-hybridized carbons (Fsp3) is 0. The minimum atomic E-state index is 0.0706. The number of fused-ring (bicyclic) bond motifs is 5. The van der Waals surface area contributed by atoms with Crippen molar-refractivity contribution in [2.24, 2.45) is 0 Å². The Morgan fingerprint density at radius 1 is 0.652 bits per heavy atom. The predicted octanol–water partition coefficient (Wildman–Crippen LogP) is 10.8. The monoisotopic (exact) mass is 611 g/mol. The van der Waals surface area contributed by atoms with Gasteiger partial charge >= 0.3 is 6.01 Å². The normalized spacial score (nSPS) is 11.6. The first-order chi connectivity index (χ1) is 22.7. The molecule has 3 aromatic heterocycles. The summed E-state index contributed by atoms with van der Waals surface area (Å²) >= 11 is 1.60. The van der Waals surface area contributed by atoms with Crippen LogP contribution < -0.4 is 4.74 Å². The van der Waals surface area contributed by atoms with Crippen molar-refractivity contribution in [2.45, 2.75) is 0 Å². The van der Waals surface area contributed by atoms with E-state index in [-0.39, 0.29) is 5.75 Å². The fourth-order valence-corrected chi connectivity index (χ4v) is 7.51. The lowest BCUT2D eigenvalue weighted by Gasteiger charge is -2.12. The molecule has 0 fully saturated rings. The first-order valence-corrected chi connectivity index (χ1v) is 15.9. The van der Waals surface area contributed by atoms with Gasteiger partial charge in [0.1, 0.15) is 5.52 Å². The maximum absolute atomic E-state index is 11.1. The van der Waals surface area contributed by atoms with Crippen LogP contribution in [0.2, 0.25) is 0 Å². The molecule has 0 aliphatic rings. The van der Waals surface area contributed by atoms with Gasteiger partial charge in [-0.25, -0.2) is 0 Å². The average Bonchev–Trinajstić information content (AvgIpc) is 3.68. The van der Waals surface area contributed by atoms with Crippen molar-refractivity contribution in [1.29, 1.82) is 0 Å². The Hall–Kier alpha value is -5.98. The van der Waals surface area contributed by atoms with E-state index in [1.165, 1.54) is 0 Å². The van der Waals surface area contributed by atoms with E-state index in [1.54, 1.807) is 17.4 Å². The van der Waals surface area contributed by atoms with Gasteiger partial charge in [-0.05, 0) is 59.5 Å². The van der Waals surface area contributed by atoms with Gasteiger partial charge in [0, 0.05) is 38.2 Å². The number of thiophene rings is 1. The largest absolute Gasteiger partial charge is 0.504 e. The highest BCUT2D eigenvalue weighted by atomic mass is 32.1. The Morgan fingerprint density at radius 3 is 2.35 bits per heavy atom. The molecular weight excluding hydrogens is 587 g/mol. The highest BCUT2D eigenvalue weighted by Gasteiger charge is 2.22. The molecule has 0 amide bonds. The van der Waals surface area contributed by atoms with Crippen LogP contribution in [-0.2, 0) is 0 Å². The van der Waals surface area contributed by atoms with Gasteiger partial charge in [0.2, 0.25) is 0 Å². The van der Waals surface area contributed by atoms with Crippen molar-refractivity contribution in [3.63, 3.8) is 0 Å². The molecule has 0 saturated heterocycles. The fourth-order valence-electron chi connectivity index (χ4n) is 6.33. The number of hydrogen-bond acceptors (Lipinski definition) is 5. The Balaban J connectivity index is 1.24. The van der Waals surface area contributed by atoms with Gasteiger partial charge in [0.05, 0.1) is 21.6 Å². The number of rotatable bonds is 5. The zero-order chi connectivity index (χ0) is 30.6. The van der Waals surface area contributed by atoms with Crippen molar-refractivity contribution in [2.75, 3.05) is 0 Å². The van der Waals surface area contributed by atoms with Crippen LogP contribution in [0.5, 0.6) is 17.5 Å². The van der Waals surface area contributed by atoms with E-state index < -0.39 is 0 Å². The molecule has 0 radical (unpaired) electrons. The van der Waals surface area contributed by atoms with Gasteiger partial charge in [0.15, 0.2) is 11.5 Å². The first-order valence-electron chi connectivity index (χ1n) is 15.1. The van der Waals surface area contributed by atoms with Gasteiger partial charge in [0.25, 0.3) is 0 Å². The molecule has 3 heterocycles. The summed E-state index contributed by atoms with van der Waals surface area (Å²) in [4.78, 5) is 9.90. The van der Waals surface area contributed by atoms with E-state index >= 15 is 0 Å². The third-order valence-corrected chi connectivity index (χ3v) is 9.65. The van der Waals surface area contributed by atoms with Crippen molar-refractivity contribution in [3.8, 4) is 45.6 Å². The number of phenols is 1. The van der Waals surface area contributed by atoms with Gasteiger partial charge in [-0.3, -0.25) is 9.55 Å². The van der Waals surface area contributed by atoms with Crippen molar-refractivity contribution >= 4 is 53.3 Å². The van der Waals surface area contributed by atoms with E-state index in [0.717, 1.165) is 70.0 Å². The highest BCUT2D eigenvalue weighted by molar-refractivity contribution is 7.26. The number of pyridine rings is 1. The van der Waals surface area contributed by atoms with Crippen LogP contribution in [0, 0.1) is 0 Å². The predicted molar refractivity (Wildman–Crippen MR) is 188 cm³/mol. The topological polar surface area (TPSA) is 60.2 Å². The van der Waals surface area contributed by atoms with Crippen molar-refractivity contribution < 1.29 is 9.84 Å². The maximum Gasteiger partial charge on any atom is 0.307 e. The van der Waals surface area contributed by atoms with E-state index in [2.05, 4.69) is 66.7 Å². The molecule has 46 heavy (non-hydrogen) atoms. The molecule has 1 N–H and O–H groups in total. The average molecular weight is 612 g/mol. The molecule has 0 bridgehead atoms. The molecule has 0 aliphatic carbocycles. The van der Waals surface area contributed by atoms with Crippen molar-refractivity contribution in [1.82, 2.24) is 14.5 Å². The molecular formula is C40H25N3O2S. The Kier molecular flexibility index (Phi) is 6.08. The summed E-state index contributed by atoms with van der Waals surface area (Å²) in [6.45, 7) is 0. The molecule has 5 nitrogen and oxygen atoms in total. The van der Waals surface area contributed by atoms with Crippen LogP contribution >= 0.6 is 11.3 Å². The number of ether oxygens (including phenoxy) is 1. The number of benzene rings is 6. The second-order valence-corrected chi connectivity index (χ2v) is 12.2. The Labute approximate surface area is 268 Å². The van der Waals surface area contributed by atoms with Gasteiger partial charge < -0.3 is 9.84 Å². The molecule has 6 heteroatoms. The van der Waals surface area contributed by atoms with E-state index in [9.17, 15) is 5.11 Å². The summed E-state index contributed by atoms with van der Waals surface area (Å²) in [5.41, 5.74) is 6.58. The summed E-state index contributed by atoms with van der Waals surface area (Å²) < 4.78 is 10.7. The molecule has 218 valence electrons. The maximum atomic E-state index is 11.1. The number of nitrogens with zero attached hydrogens (tertiary/aromatic N) is 3. The number of hydrogen-bond donors (Lipinski definition) is 1. The number of aromatic hydroxyl groups is 1. The molecule has 6 aromatic carbocycles. The second kappa shape index (κ2) is 10.6. The minimum Gasteiger partial charge on any atom is -0.504 e. The van der Waals surface area contributed by atoms with E-state index in [0.29, 0.717) is 11.8 Å². The summed E-state index contributed by atoms with van der Waals surface area (Å²) in [6.07, 6.45) is 1.86. The number of aromatic nitrogens is 3. The van der Waals surface area contributed by atoms with Gasteiger partial charge in [-0.2, -0.15) is 4.98 Å². The standard InChI is InChI=1S/C40H25N3O2S/c44-34-21-20-32-31-16-6-7-19-35(31)46-39(32)38(34)45-40-42-37-30(17-9-18-33(37)43(40)28-13-2-1-3-14-28)26-11-8-12-27(24-26)36-29-15-5-4-10-25(29)22-23-41-36/h1-24,44H. The summed E-state index contributed by atoms with van der Waals surface area (Å²) in [7, 11) is 0. The summed E-state index contributed by atoms with van der Waals surface area (Å²) in [5, 5.41) is 15.5. The van der Waals surface area contributed by atoms with E-state index in [1.807, 2.05) is 77.5 Å². The van der Waals surface area contributed by atoms with Gasteiger partial charge in [-0.15, -0.1) is 11.3 Å². The minimum absolute atomic E-state index is 0.0706. The lowest BCUT2D eigenvalue weighted by atomic mass is 9.98. The van der Waals surface area contributed by atoms with Crippen LogP contribution in [0.1, 0.15) is 0 Å². The Bertz CT molecular complexity index is 2580. The highest BCUT2D eigenvalue weighted by Crippen LogP contribution is 2.46. The number of para-hydroxylation sites is 2. The quantitative estimate of drug-likeness (QED) is 0.210. The first kappa shape index (κ1) is 26.4. The SMILES string of the molecule is Oc1ccc2c(sc3ccccc32)c1Oc1nc2c(-c3cccc(-c4nccc5ccccc45)c3)cccc2n1-c1ccccc1. The zero-order valence-electron chi connectivity index (χ0n) is 24.5. The van der Waals surface area contributed by atoms with Crippen LogP contribution in [0.25, 0.3) is 70.0 Å². The summed E-state index contributed by atoms with van der Waals surface area (Å²) in [5.74, 6) is 0.470. The lowest BCUT2D eigenvalue weighted by Crippen LogP contribution is -1.98. The van der Waals surface area contributed by atoms with Crippen LogP contribution in [-0.4, -0.2) is 19.6 Å². The van der Waals surface area contributed by atoms with Crippen molar-refractivity contribution in [3.05, 3.63) is 146 Å². The Morgan fingerprint density at radius 2 is 1.43 bits per heavy atom. The molecule has 0 atom stereocenters. The zero-order valence-corrected chi connectivity index (χ0v) is 25.3. The third kappa shape index (κ3) is 4.23. The molecule has 0 saturated carbocycles. The summed E-state index contributed by atoms with van der Waals surface area (Å²) in [6, 6.07) is 47.3. The third-order valence-electron chi connectivity index (χ3n) is 8.46. The molecule has 9 aromatic rings.